The second kappa shape index (κ2) is 11.7. The van der Waals surface area contributed by atoms with Gasteiger partial charge in [-0.25, -0.2) is 4.98 Å². The number of hydrogen-bond donors (Lipinski definition) is 0. The molecule has 0 radical (unpaired) electrons. The molecule has 0 unspecified atom stereocenters. The number of hydrogen-bond acceptors (Lipinski definition) is 3. The third-order valence-corrected chi connectivity index (χ3v) is 9.29. The number of nitrogens with zero attached hydrogens (tertiary/aromatic N) is 5. The lowest BCUT2D eigenvalue weighted by atomic mass is 9.80. The van der Waals surface area contributed by atoms with Crippen LogP contribution in [0.25, 0.3) is 39.0 Å². The van der Waals surface area contributed by atoms with Crippen molar-refractivity contribution < 1.29 is 9.42 Å². The lowest BCUT2D eigenvalue weighted by Crippen LogP contribution is -2.33. The van der Waals surface area contributed by atoms with Gasteiger partial charge in [0.2, 0.25) is 6.33 Å². The van der Waals surface area contributed by atoms with Crippen molar-refractivity contribution in [3.8, 4) is 28.7 Å². The maximum atomic E-state index is 6.54. The Labute approximate surface area is 289 Å². The van der Waals surface area contributed by atoms with Gasteiger partial charge < -0.3 is 4.74 Å². The Kier molecular flexibility index (Phi) is 7.74. The molecule has 6 nitrogen and oxygen atoms in total. The van der Waals surface area contributed by atoms with Gasteiger partial charge in [0, 0.05) is 29.1 Å². The van der Waals surface area contributed by atoms with E-state index in [2.05, 4.69) is 140 Å². The number of rotatable bonds is 5. The van der Waals surface area contributed by atoms with Crippen molar-refractivity contribution in [3.63, 3.8) is 0 Å². The Morgan fingerprint density at radius 3 is 1.98 bits per heavy atom. The monoisotopic (exact) mass is 648 g/mol. The van der Waals surface area contributed by atoms with Gasteiger partial charge in [-0.1, -0.05) is 92.6 Å². The third kappa shape index (κ3) is 6.35. The van der Waals surface area contributed by atoms with Crippen LogP contribution < -0.4 is 9.42 Å². The van der Waals surface area contributed by atoms with Crippen LogP contribution in [0.2, 0.25) is 0 Å². The van der Waals surface area contributed by atoms with Crippen LogP contribution >= 0.6 is 0 Å². The van der Waals surface area contributed by atoms with Crippen LogP contribution in [0.4, 0.5) is 0 Å². The maximum Gasteiger partial charge on any atom is 0.276 e. The van der Waals surface area contributed by atoms with E-state index in [-0.39, 0.29) is 16.2 Å². The molecule has 0 spiro atoms. The molecule has 0 saturated carbocycles. The fraction of sp³-hybridized carbons (Fsp3) is 0.279. The van der Waals surface area contributed by atoms with E-state index >= 15 is 0 Å². The Balaban J connectivity index is 1.23. The molecule has 0 atom stereocenters. The smallest absolute Gasteiger partial charge is 0.276 e. The molecule has 0 bridgehead atoms. The van der Waals surface area contributed by atoms with Gasteiger partial charge in [0.05, 0.1) is 11.0 Å². The van der Waals surface area contributed by atoms with Crippen LogP contribution in [-0.4, -0.2) is 19.2 Å². The summed E-state index contributed by atoms with van der Waals surface area (Å²) in [6, 6.07) is 34.1. The lowest BCUT2D eigenvalue weighted by Gasteiger charge is -2.25. The topological polar surface area (TPSA) is 48.8 Å². The molecule has 6 heteroatoms. The van der Waals surface area contributed by atoms with Crippen LogP contribution in [0.15, 0.2) is 116 Å². The van der Waals surface area contributed by atoms with Gasteiger partial charge >= 0.3 is 0 Å². The summed E-state index contributed by atoms with van der Waals surface area (Å²) in [5.74, 6) is 2.40. The summed E-state index contributed by atoms with van der Waals surface area (Å²) >= 11 is 0. The number of para-hydroxylation sites is 1. The van der Waals surface area contributed by atoms with Crippen molar-refractivity contribution in [2.75, 3.05) is 0 Å². The van der Waals surface area contributed by atoms with E-state index in [1.165, 1.54) is 22.1 Å². The Morgan fingerprint density at radius 1 is 0.592 bits per heavy atom. The van der Waals surface area contributed by atoms with E-state index in [0.29, 0.717) is 0 Å². The largest absolute Gasteiger partial charge is 0.457 e. The summed E-state index contributed by atoms with van der Waals surface area (Å²) in [5, 5.41) is 7.11. The van der Waals surface area contributed by atoms with Crippen molar-refractivity contribution in [1.29, 1.82) is 0 Å². The number of pyridine rings is 1. The molecule has 3 heterocycles. The highest BCUT2D eigenvalue weighted by atomic mass is 16.5. The minimum Gasteiger partial charge on any atom is -0.457 e. The van der Waals surface area contributed by atoms with Crippen molar-refractivity contribution >= 4 is 21.8 Å². The summed E-state index contributed by atoms with van der Waals surface area (Å²) < 4.78 is 12.8. The van der Waals surface area contributed by atoms with Crippen LogP contribution in [-0.2, 0) is 16.2 Å². The van der Waals surface area contributed by atoms with Crippen LogP contribution in [0.1, 0.15) is 79.0 Å². The maximum absolute atomic E-state index is 6.54. The Bertz CT molecular complexity index is 2290. The van der Waals surface area contributed by atoms with Crippen molar-refractivity contribution in [2.24, 2.45) is 0 Å². The van der Waals surface area contributed by atoms with E-state index in [9.17, 15) is 0 Å². The van der Waals surface area contributed by atoms with Gasteiger partial charge in [0.15, 0.2) is 5.69 Å². The van der Waals surface area contributed by atoms with Crippen LogP contribution in [0.3, 0.4) is 0 Å². The van der Waals surface area contributed by atoms with E-state index < -0.39 is 0 Å². The van der Waals surface area contributed by atoms with Gasteiger partial charge in [-0.3, -0.25) is 4.57 Å². The predicted molar refractivity (Wildman–Crippen MR) is 200 cm³/mol. The Hall–Kier alpha value is -5.23. The quantitative estimate of drug-likeness (QED) is 0.175. The van der Waals surface area contributed by atoms with Crippen molar-refractivity contribution in [2.45, 2.75) is 78.6 Å². The zero-order valence-electron chi connectivity index (χ0n) is 30.1. The van der Waals surface area contributed by atoms with Gasteiger partial charge in [-0.2, -0.15) is 4.57 Å². The number of ether oxygens (including phenoxy) is 1. The van der Waals surface area contributed by atoms with Gasteiger partial charge in [-0.05, 0) is 92.6 Å². The van der Waals surface area contributed by atoms with E-state index in [0.717, 1.165) is 45.1 Å². The first-order valence-electron chi connectivity index (χ1n) is 17.1. The molecule has 0 aliphatic carbocycles. The number of aromatic nitrogens is 5. The third-order valence-electron chi connectivity index (χ3n) is 9.29. The highest BCUT2D eigenvalue weighted by molar-refractivity contribution is 6.09. The highest BCUT2D eigenvalue weighted by Crippen LogP contribution is 2.36. The summed E-state index contributed by atoms with van der Waals surface area (Å²) in [7, 11) is 0. The first kappa shape index (κ1) is 32.3. The van der Waals surface area contributed by atoms with Gasteiger partial charge in [-0.15, -0.1) is 4.68 Å². The van der Waals surface area contributed by atoms with Gasteiger partial charge in [0.25, 0.3) is 6.33 Å². The summed E-state index contributed by atoms with van der Waals surface area (Å²) in [5.41, 5.74) is 8.06. The standard InChI is InChI=1S/C43H46N5O/c1-41(2,3)29-19-20-44-40(24-29)48-38-16-11-10-15-36(38)37-18-17-35(26-39(37)48)49-34-14-12-13-32(25-34)46-27-45-47(28-46)33-22-30(42(4,5)6)21-31(23-33)43(7,8)9/h10-28H,1-9H3/q+1. The number of fused-ring (bicyclic) bond motifs is 3. The molecule has 4 aromatic carbocycles. The molecular weight excluding hydrogens is 603 g/mol. The molecule has 3 aromatic heterocycles. The average Bonchev–Trinajstić information content (AvgIpc) is 3.67. The zero-order chi connectivity index (χ0) is 34.7. The molecule has 0 aliphatic heterocycles. The molecule has 7 rings (SSSR count). The normalized spacial score (nSPS) is 12.6. The minimum absolute atomic E-state index is 0.01000. The molecular formula is C43H46N5O+. The fourth-order valence-electron chi connectivity index (χ4n) is 6.28. The average molecular weight is 649 g/mol. The second-order valence-corrected chi connectivity index (χ2v) is 16.2. The molecule has 0 aliphatic rings. The predicted octanol–water partition coefficient (Wildman–Crippen LogP) is 10.3. The van der Waals surface area contributed by atoms with E-state index in [1.807, 2.05) is 52.4 Å². The Morgan fingerprint density at radius 2 is 1.27 bits per heavy atom. The second-order valence-electron chi connectivity index (χ2n) is 16.2. The summed E-state index contributed by atoms with van der Waals surface area (Å²) in [6.45, 7) is 20.2. The molecule has 0 amide bonds. The highest BCUT2D eigenvalue weighted by Gasteiger charge is 2.24. The van der Waals surface area contributed by atoms with Crippen molar-refractivity contribution in [3.05, 3.63) is 133 Å². The number of benzene rings is 4. The minimum atomic E-state index is 0.01000. The van der Waals surface area contributed by atoms with E-state index in [1.54, 1.807) is 0 Å². The molecule has 49 heavy (non-hydrogen) atoms. The SMILES string of the molecule is CC(C)(C)c1cc(-[n+]2cn(-c3cccc(Oc4ccc5c6ccccc6n(-c6cc(C(C)(C)C)ccn6)c5c4)c3)cn2)cc(C(C)(C)C)c1. The molecule has 0 N–H and O–H groups in total. The summed E-state index contributed by atoms with van der Waals surface area (Å²) in [4.78, 5) is 4.82. The first-order chi connectivity index (χ1) is 23.1. The molecule has 0 saturated heterocycles. The molecule has 0 fully saturated rings. The zero-order valence-corrected chi connectivity index (χ0v) is 30.1. The van der Waals surface area contributed by atoms with Gasteiger partial charge in [0.1, 0.15) is 23.0 Å². The fourth-order valence-corrected chi connectivity index (χ4v) is 6.28. The molecule has 7 aromatic rings. The van der Waals surface area contributed by atoms with E-state index in [4.69, 9.17) is 14.8 Å². The van der Waals surface area contributed by atoms with Crippen LogP contribution in [0.5, 0.6) is 11.5 Å². The lowest BCUT2D eigenvalue weighted by molar-refractivity contribution is -0.657. The molecule has 248 valence electrons. The van der Waals surface area contributed by atoms with Crippen LogP contribution in [0, 0.1) is 0 Å². The van der Waals surface area contributed by atoms with Crippen molar-refractivity contribution in [1.82, 2.24) is 19.2 Å². The summed E-state index contributed by atoms with van der Waals surface area (Å²) in [6.07, 6.45) is 5.78. The first-order valence-corrected chi connectivity index (χ1v) is 17.1.